The van der Waals surface area contributed by atoms with E-state index in [2.05, 4.69) is 15.3 Å². The fraction of sp³-hybridized carbons (Fsp3) is 0.182. The molecule has 1 amide bonds. The van der Waals surface area contributed by atoms with Crippen LogP contribution in [0.15, 0.2) is 18.2 Å². The third-order valence-corrected chi connectivity index (χ3v) is 3.35. The molecule has 2 aromatic rings. The Morgan fingerprint density at radius 2 is 2.12 bits per heavy atom. The number of nitrogens with one attached hydrogen (secondary N) is 1. The number of hydrogen-bond donors (Lipinski definition) is 1. The van der Waals surface area contributed by atoms with E-state index in [0.717, 1.165) is 10.7 Å². The number of pyridine rings is 1. The lowest BCUT2D eigenvalue weighted by Crippen LogP contribution is -2.12. The molecule has 0 bridgehead atoms. The molecule has 2 aromatic heterocycles. The summed E-state index contributed by atoms with van der Waals surface area (Å²) in [7, 11) is 0. The number of aromatic nitrogens is 2. The second kappa shape index (κ2) is 4.81. The summed E-state index contributed by atoms with van der Waals surface area (Å²) in [5.41, 5.74) is 0.729. The van der Waals surface area contributed by atoms with Gasteiger partial charge in [0, 0.05) is 0 Å². The Kier molecular flexibility index (Phi) is 3.40. The quantitative estimate of drug-likeness (QED) is 0.851. The van der Waals surface area contributed by atoms with Crippen molar-refractivity contribution in [3.05, 3.63) is 38.9 Å². The number of carbonyl (C=O) groups excluding carboxylic acids is 1. The van der Waals surface area contributed by atoms with Gasteiger partial charge in [-0.25, -0.2) is 9.97 Å². The van der Waals surface area contributed by atoms with Crippen molar-refractivity contribution >= 4 is 34.7 Å². The van der Waals surface area contributed by atoms with Gasteiger partial charge >= 0.3 is 0 Å². The summed E-state index contributed by atoms with van der Waals surface area (Å²) < 4.78 is 0. The van der Waals surface area contributed by atoms with Crippen molar-refractivity contribution in [2.75, 3.05) is 5.32 Å². The van der Waals surface area contributed by atoms with E-state index < -0.39 is 0 Å². The van der Waals surface area contributed by atoms with Gasteiger partial charge in [-0.15, -0.1) is 11.3 Å². The zero-order valence-electron chi connectivity index (χ0n) is 9.32. The molecule has 2 rings (SSSR count). The minimum Gasteiger partial charge on any atom is -0.306 e. The summed E-state index contributed by atoms with van der Waals surface area (Å²) in [6.07, 6.45) is 0. The van der Waals surface area contributed by atoms with E-state index in [1.54, 1.807) is 18.2 Å². The van der Waals surface area contributed by atoms with Crippen LogP contribution in [0.3, 0.4) is 0 Å². The molecule has 2 heterocycles. The third kappa shape index (κ3) is 2.81. The Hall–Kier alpha value is -1.46. The van der Waals surface area contributed by atoms with Crippen molar-refractivity contribution in [2.24, 2.45) is 0 Å². The number of anilines is 1. The van der Waals surface area contributed by atoms with E-state index in [1.807, 2.05) is 13.8 Å². The first-order chi connectivity index (χ1) is 8.06. The molecule has 4 nitrogen and oxygen atoms in total. The Bertz CT molecular complexity index is 568. The molecule has 0 atom stereocenters. The Morgan fingerprint density at radius 3 is 2.71 bits per heavy atom. The first kappa shape index (κ1) is 12.0. The van der Waals surface area contributed by atoms with Crippen LogP contribution in [0.25, 0.3) is 0 Å². The minimum absolute atomic E-state index is 0.206. The van der Waals surface area contributed by atoms with Gasteiger partial charge in [-0.3, -0.25) is 4.79 Å². The molecule has 88 valence electrons. The lowest BCUT2D eigenvalue weighted by Gasteiger charge is -2.02. The Labute approximate surface area is 108 Å². The summed E-state index contributed by atoms with van der Waals surface area (Å²) >= 11 is 7.10. The highest BCUT2D eigenvalue weighted by Crippen LogP contribution is 2.18. The van der Waals surface area contributed by atoms with Crippen molar-refractivity contribution in [1.82, 2.24) is 9.97 Å². The van der Waals surface area contributed by atoms with E-state index >= 15 is 0 Å². The van der Waals surface area contributed by atoms with E-state index in [-0.39, 0.29) is 5.91 Å². The predicted molar refractivity (Wildman–Crippen MR) is 68.8 cm³/mol. The number of halogens is 1. The fourth-order valence-electron chi connectivity index (χ4n) is 1.39. The van der Waals surface area contributed by atoms with Crippen LogP contribution in [0.2, 0.25) is 5.15 Å². The van der Waals surface area contributed by atoms with Crippen LogP contribution in [-0.2, 0) is 0 Å². The maximum absolute atomic E-state index is 11.9. The van der Waals surface area contributed by atoms with Gasteiger partial charge in [-0.2, -0.15) is 0 Å². The van der Waals surface area contributed by atoms with Crippen molar-refractivity contribution < 1.29 is 4.79 Å². The lowest BCUT2D eigenvalue weighted by molar-refractivity contribution is 0.102. The molecule has 0 aliphatic carbocycles. The molecule has 0 saturated heterocycles. The molecule has 0 aliphatic heterocycles. The highest BCUT2D eigenvalue weighted by atomic mass is 35.5. The standard InChI is InChI=1S/C11H10ClN3OS/c1-6-10(17-7(2)13-6)11(16)15-9-5-3-4-8(12)14-9/h3-5H,1-2H3,(H,14,15,16). The van der Waals surface area contributed by atoms with Gasteiger partial charge in [0.15, 0.2) is 0 Å². The third-order valence-electron chi connectivity index (χ3n) is 2.07. The summed E-state index contributed by atoms with van der Waals surface area (Å²) in [6.45, 7) is 3.68. The Morgan fingerprint density at radius 1 is 1.35 bits per heavy atom. The molecule has 6 heteroatoms. The first-order valence-corrected chi connectivity index (χ1v) is 6.13. The summed E-state index contributed by atoms with van der Waals surface area (Å²) in [6, 6.07) is 5.07. The van der Waals surface area contributed by atoms with Crippen molar-refractivity contribution in [3.63, 3.8) is 0 Å². The van der Waals surface area contributed by atoms with Crippen molar-refractivity contribution in [2.45, 2.75) is 13.8 Å². The van der Waals surface area contributed by atoms with Gasteiger partial charge in [0.1, 0.15) is 15.8 Å². The minimum atomic E-state index is -0.206. The Balaban J connectivity index is 2.20. The van der Waals surface area contributed by atoms with Crippen molar-refractivity contribution in [1.29, 1.82) is 0 Å². The van der Waals surface area contributed by atoms with E-state index in [4.69, 9.17) is 11.6 Å². The zero-order chi connectivity index (χ0) is 12.4. The fourth-order valence-corrected chi connectivity index (χ4v) is 2.37. The van der Waals surface area contributed by atoms with Crippen LogP contribution in [0, 0.1) is 13.8 Å². The molecular weight excluding hydrogens is 258 g/mol. The van der Waals surface area contributed by atoms with Crippen LogP contribution in [-0.4, -0.2) is 15.9 Å². The maximum Gasteiger partial charge on any atom is 0.268 e. The molecular formula is C11H10ClN3OS. The zero-order valence-corrected chi connectivity index (χ0v) is 10.9. The van der Waals surface area contributed by atoms with Crippen LogP contribution in [0.4, 0.5) is 5.82 Å². The van der Waals surface area contributed by atoms with Gasteiger partial charge < -0.3 is 5.32 Å². The number of thiazole rings is 1. The summed E-state index contributed by atoms with van der Waals surface area (Å²) in [5, 5.41) is 3.90. The van der Waals surface area contributed by atoms with E-state index in [0.29, 0.717) is 15.8 Å². The number of aryl methyl sites for hydroxylation is 2. The summed E-state index contributed by atoms with van der Waals surface area (Å²) in [4.78, 5) is 20.7. The second-order valence-corrected chi connectivity index (χ2v) is 5.04. The topological polar surface area (TPSA) is 54.9 Å². The number of rotatable bonds is 2. The van der Waals surface area contributed by atoms with Gasteiger partial charge in [0.25, 0.3) is 5.91 Å². The van der Waals surface area contributed by atoms with Crippen LogP contribution in [0.5, 0.6) is 0 Å². The van der Waals surface area contributed by atoms with Gasteiger partial charge in [0.05, 0.1) is 10.7 Å². The number of amides is 1. The number of nitrogens with zero attached hydrogens (tertiary/aromatic N) is 2. The molecule has 0 aliphatic rings. The SMILES string of the molecule is Cc1nc(C)c(C(=O)Nc2cccc(Cl)n2)s1. The second-order valence-electron chi connectivity index (χ2n) is 3.45. The number of carbonyl (C=O) groups is 1. The molecule has 0 aromatic carbocycles. The first-order valence-electron chi connectivity index (χ1n) is 4.94. The normalized spacial score (nSPS) is 10.3. The number of hydrogen-bond acceptors (Lipinski definition) is 4. The molecule has 1 N–H and O–H groups in total. The van der Waals surface area contributed by atoms with Crippen molar-refractivity contribution in [3.8, 4) is 0 Å². The highest BCUT2D eigenvalue weighted by molar-refractivity contribution is 7.13. The average molecular weight is 268 g/mol. The predicted octanol–water partition coefficient (Wildman–Crippen LogP) is 3.06. The monoisotopic (exact) mass is 267 g/mol. The average Bonchev–Trinajstić information content (AvgIpc) is 2.58. The van der Waals surface area contributed by atoms with Gasteiger partial charge in [-0.1, -0.05) is 17.7 Å². The van der Waals surface area contributed by atoms with E-state index in [1.165, 1.54) is 11.3 Å². The van der Waals surface area contributed by atoms with Crippen LogP contribution < -0.4 is 5.32 Å². The largest absolute Gasteiger partial charge is 0.306 e. The molecule has 0 fully saturated rings. The maximum atomic E-state index is 11.9. The van der Waals surface area contributed by atoms with Gasteiger partial charge in [0.2, 0.25) is 0 Å². The molecule has 0 spiro atoms. The molecule has 0 unspecified atom stereocenters. The van der Waals surface area contributed by atoms with Crippen LogP contribution >= 0.6 is 22.9 Å². The molecule has 17 heavy (non-hydrogen) atoms. The van der Waals surface area contributed by atoms with E-state index in [9.17, 15) is 4.79 Å². The molecule has 0 saturated carbocycles. The molecule has 0 radical (unpaired) electrons. The lowest BCUT2D eigenvalue weighted by atomic mass is 10.3. The highest BCUT2D eigenvalue weighted by Gasteiger charge is 2.14. The van der Waals surface area contributed by atoms with Gasteiger partial charge in [-0.05, 0) is 26.0 Å². The van der Waals surface area contributed by atoms with Crippen LogP contribution in [0.1, 0.15) is 20.4 Å². The summed E-state index contributed by atoms with van der Waals surface area (Å²) in [5.74, 6) is 0.232. The smallest absolute Gasteiger partial charge is 0.268 e.